The summed E-state index contributed by atoms with van der Waals surface area (Å²) in [5.74, 6) is 1.59. The zero-order valence-electron chi connectivity index (χ0n) is 11.7. The van der Waals surface area contributed by atoms with Crippen molar-refractivity contribution >= 4 is 29.0 Å². The van der Waals surface area contributed by atoms with Crippen molar-refractivity contribution in [2.75, 3.05) is 12.3 Å². The second-order valence-electron chi connectivity index (χ2n) is 5.75. The smallest absolute Gasteiger partial charge is 0.261 e. The number of nitrogens with one attached hydrogen (secondary N) is 1. The molecule has 0 aliphatic heterocycles. The predicted octanol–water partition coefficient (Wildman–Crippen LogP) is 3.00. The molecular weight excluding hydrogens is 290 g/mol. The summed E-state index contributed by atoms with van der Waals surface area (Å²) >= 11 is 3.31. The summed E-state index contributed by atoms with van der Waals surface area (Å²) in [6.45, 7) is 2.49. The molecule has 2 aliphatic carbocycles. The zero-order valence-corrected chi connectivity index (χ0v) is 13.4. The van der Waals surface area contributed by atoms with E-state index in [2.05, 4.69) is 18.3 Å². The van der Waals surface area contributed by atoms with Crippen LogP contribution in [0.4, 0.5) is 0 Å². The molecule has 2 aliphatic rings. The van der Waals surface area contributed by atoms with Crippen LogP contribution in [0.25, 0.3) is 0 Å². The number of hydrogen-bond donors (Lipinski definition) is 2. The summed E-state index contributed by atoms with van der Waals surface area (Å²) in [6, 6.07) is 2.07. The van der Waals surface area contributed by atoms with E-state index in [1.165, 1.54) is 29.7 Å². The normalized spacial score (nSPS) is 29.0. The highest BCUT2D eigenvalue weighted by molar-refractivity contribution is 8.00. The van der Waals surface area contributed by atoms with E-state index in [1.807, 2.05) is 5.38 Å². The largest absolute Gasteiger partial charge is 0.387 e. The minimum absolute atomic E-state index is 0.0116. The first-order valence-electron chi connectivity index (χ1n) is 7.33. The van der Waals surface area contributed by atoms with E-state index >= 15 is 0 Å². The van der Waals surface area contributed by atoms with Gasteiger partial charge in [-0.05, 0) is 54.4 Å². The van der Waals surface area contributed by atoms with E-state index in [9.17, 15) is 9.90 Å². The Labute approximate surface area is 128 Å². The summed E-state index contributed by atoms with van der Waals surface area (Å²) in [5.41, 5.74) is 0.500. The quantitative estimate of drug-likeness (QED) is 0.849. The lowest BCUT2D eigenvalue weighted by Crippen LogP contribution is -2.57. The van der Waals surface area contributed by atoms with Crippen LogP contribution >= 0.6 is 23.1 Å². The number of aliphatic hydroxyl groups is 1. The third-order valence-electron chi connectivity index (χ3n) is 4.28. The van der Waals surface area contributed by atoms with Crippen molar-refractivity contribution in [1.82, 2.24) is 5.32 Å². The monoisotopic (exact) mass is 311 g/mol. The molecule has 0 spiro atoms. The van der Waals surface area contributed by atoms with Crippen molar-refractivity contribution in [3.05, 3.63) is 21.9 Å². The Bertz CT molecular complexity index is 498. The van der Waals surface area contributed by atoms with Gasteiger partial charge in [-0.25, -0.2) is 0 Å². The maximum atomic E-state index is 12.3. The third-order valence-corrected chi connectivity index (χ3v) is 6.62. The number of carbonyl (C=O) groups is 1. The van der Waals surface area contributed by atoms with Gasteiger partial charge in [0.05, 0.1) is 10.5 Å². The van der Waals surface area contributed by atoms with Crippen LogP contribution in [-0.4, -0.2) is 34.2 Å². The minimum Gasteiger partial charge on any atom is -0.387 e. The van der Waals surface area contributed by atoms with Gasteiger partial charge in [-0.3, -0.25) is 4.79 Å². The molecule has 3 nitrogen and oxygen atoms in total. The Kier molecular flexibility index (Phi) is 4.11. The molecule has 110 valence electrons. The van der Waals surface area contributed by atoms with Gasteiger partial charge in [0.2, 0.25) is 0 Å². The van der Waals surface area contributed by atoms with Crippen LogP contribution < -0.4 is 5.32 Å². The molecule has 1 aromatic rings. The van der Waals surface area contributed by atoms with Gasteiger partial charge in [-0.2, -0.15) is 11.8 Å². The molecule has 0 radical (unpaired) electrons. The molecule has 0 aromatic carbocycles. The maximum absolute atomic E-state index is 12.3. The molecule has 20 heavy (non-hydrogen) atoms. The molecule has 2 unspecified atom stereocenters. The van der Waals surface area contributed by atoms with Gasteiger partial charge in [-0.15, -0.1) is 11.3 Å². The van der Waals surface area contributed by atoms with E-state index in [0.717, 1.165) is 23.5 Å². The van der Waals surface area contributed by atoms with Crippen LogP contribution in [-0.2, 0) is 0 Å². The Morgan fingerprint density at radius 3 is 2.95 bits per heavy atom. The first-order chi connectivity index (χ1) is 9.64. The Balaban J connectivity index is 1.58. The van der Waals surface area contributed by atoms with Gasteiger partial charge in [0.25, 0.3) is 5.91 Å². The molecule has 1 heterocycles. The Hall–Kier alpha value is -0.520. The molecular formula is C15H21NO2S2. The summed E-state index contributed by atoms with van der Waals surface area (Å²) in [5, 5.41) is 15.7. The topological polar surface area (TPSA) is 49.3 Å². The number of carbonyl (C=O) groups excluding carboxylic acids is 1. The fourth-order valence-electron chi connectivity index (χ4n) is 2.77. The molecule has 3 rings (SSSR count). The number of amides is 1. The SMILES string of the molecule is CCSC1CCC1(O)CNC(=O)c1sccc1C1CC1. The van der Waals surface area contributed by atoms with Crippen molar-refractivity contribution in [3.8, 4) is 0 Å². The van der Waals surface area contributed by atoms with Crippen LogP contribution in [0.15, 0.2) is 11.4 Å². The average molecular weight is 311 g/mol. The van der Waals surface area contributed by atoms with Crippen molar-refractivity contribution in [2.45, 2.75) is 49.4 Å². The molecule has 2 saturated carbocycles. The van der Waals surface area contributed by atoms with Gasteiger partial charge in [0.15, 0.2) is 0 Å². The zero-order chi connectivity index (χ0) is 14.2. The minimum atomic E-state index is -0.701. The fourth-order valence-corrected chi connectivity index (χ4v) is 4.87. The lowest BCUT2D eigenvalue weighted by molar-refractivity contribution is -0.0221. The van der Waals surface area contributed by atoms with Gasteiger partial charge in [0.1, 0.15) is 0 Å². The third kappa shape index (κ3) is 2.76. The first kappa shape index (κ1) is 14.4. The number of rotatable bonds is 6. The molecule has 2 N–H and O–H groups in total. The summed E-state index contributed by atoms with van der Waals surface area (Å²) in [6.07, 6.45) is 4.26. The van der Waals surface area contributed by atoms with Crippen molar-refractivity contribution < 1.29 is 9.90 Å². The molecule has 0 saturated heterocycles. The van der Waals surface area contributed by atoms with Crippen molar-refractivity contribution in [1.29, 1.82) is 0 Å². The van der Waals surface area contributed by atoms with Gasteiger partial charge < -0.3 is 10.4 Å². The maximum Gasteiger partial charge on any atom is 0.261 e. The van der Waals surface area contributed by atoms with Crippen LogP contribution in [0.5, 0.6) is 0 Å². The molecule has 2 fully saturated rings. The number of thiophene rings is 1. The Morgan fingerprint density at radius 1 is 1.55 bits per heavy atom. The molecule has 0 bridgehead atoms. The fraction of sp³-hybridized carbons (Fsp3) is 0.667. The highest BCUT2D eigenvalue weighted by atomic mass is 32.2. The highest BCUT2D eigenvalue weighted by Gasteiger charge is 2.45. The second-order valence-corrected chi connectivity index (χ2v) is 8.14. The van der Waals surface area contributed by atoms with E-state index in [1.54, 1.807) is 11.8 Å². The lowest BCUT2D eigenvalue weighted by Gasteiger charge is -2.45. The van der Waals surface area contributed by atoms with Crippen LogP contribution in [0, 0.1) is 0 Å². The highest BCUT2D eigenvalue weighted by Crippen LogP contribution is 2.43. The predicted molar refractivity (Wildman–Crippen MR) is 84.7 cm³/mol. The van der Waals surface area contributed by atoms with Crippen LogP contribution in [0.1, 0.15) is 53.8 Å². The second kappa shape index (κ2) is 5.70. The molecule has 2 atom stereocenters. The van der Waals surface area contributed by atoms with Crippen LogP contribution in [0.2, 0.25) is 0 Å². The standard InChI is InChI=1S/C15H21NO2S2/c1-2-19-12-5-7-15(12,18)9-16-14(17)13-11(6-8-20-13)10-3-4-10/h6,8,10,12,18H,2-5,7,9H2,1H3,(H,16,17). The Morgan fingerprint density at radius 2 is 2.35 bits per heavy atom. The van der Waals surface area contributed by atoms with E-state index in [-0.39, 0.29) is 11.2 Å². The van der Waals surface area contributed by atoms with Crippen LogP contribution in [0.3, 0.4) is 0 Å². The van der Waals surface area contributed by atoms with Gasteiger partial charge in [-0.1, -0.05) is 6.92 Å². The molecule has 1 aromatic heterocycles. The summed E-state index contributed by atoms with van der Waals surface area (Å²) in [7, 11) is 0. The summed E-state index contributed by atoms with van der Waals surface area (Å²) < 4.78 is 0. The van der Waals surface area contributed by atoms with Crippen molar-refractivity contribution in [2.24, 2.45) is 0 Å². The lowest BCUT2D eigenvalue weighted by atomic mass is 9.79. The number of thioether (sulfide) groups is 1. The van der Waals surface area contributed by atoms with Gasteiger partial charge in [0, 0.05) is 11.8 Å². The van der Waals surface area contributed by atoms with Gasteiger partial charge >= 0.3 is 0 Å². The number of hydrogen-bond acceptors (Lipinski definition) is 4. The van der Waals surface area contributed by atoms with E-state index in [4.69, 9.17) is 0 Å². The van der Waals surface area contributed by atoms with E-state index < -0.39 is 5.60 Å². The van der Waals surface area contributed by atoms with Crippen molar-refractivity contribution in [3.63, 3.8) is 0 Å². The molecule has 1 amide bonds. The first-order valence-corrected chi connectivity index (χ1v) is 9.26. The average Bonchev–Trinajstić information content (AvgIpc) is 3.17. The molecule has 5 heteroatoms. The van der Waals surface area contributed by atoms with E-state index in [0.29, 0.717) is 12.5 Å². The summed E-state index contributed by atoms with van der Waals surface area (Å²) in [4.78, 5) is 13.1.